The molecule has 1 aliphatic heterocycles. The first-order valence-corrected chi connectivity index (χ1v) is 9.18. The molecule has 0 aromatic heterocycles. The van der Waals surface area contributed by atoms with Crippen LogP contribution in [0.1, 0.15) is 38.7 Å². The van der Waals surface area contributed by atoms with Crippen molar-refractivity contribution in [1.82, 2.24) is 10.2 Å². The Balaban J connectivity index is 1.86. The Morgan fingerprint density at radius 1 is 1.28 bits per heavy atom. The molecule has 0 bridgehead atoms. The van der Waals surface area contributed by atoms with Crippen LogP contribution in [0.15, 0.2) is 24.3 Å². The predicted octanol–water partition coefficient (Wildman–Crippen LogP) is 3.10. The van der Waals surface area contributed by atoms with Gasteiger partial charge in [0.2, 0.25) is 5.91 Å². The van der Waals surface area contributed by atoms with Crippen LogP contribution in [-0.4, -0.2) is 50.2 Å². The summed E-state index contributed by atoms with van der Waals surface area (Å²) in [5.74, 6) is 1.35. The van der Waals surface area contributed by atoms with Gasteiger partial charge in [0.15, 0.2) is 11.5 Å². The van der Waals surface area contributed by atoms with Crippen molar-refractivity contribution in [3.05, 3.63) is 29.8 Å². The van der Waals surface area contributed by atoms with Crippen molar-refractivity contribution in [2.45, 2.75) is 39.2 Å². The molecule has 138 valence electrons. The molecule has 5 nitrogen and oxygen atoms in total. The van der Waals surface area contributed by atoms with Gasteiger partial charge < -0.3 is 19.7 Å². The maximum Gasteiger partial charge on any atom is 0.244 e. The van der Waals surface area contributed by atoms with Gasteiger partial charge in [0, 0.05) is 25.2 Å². The van der Waals surface area contributed by atoms with Gasteiger partial charge in [-0.3, -0.25) is 4.79 Å². The van der Waals surface area contributed by atoms with Gasteiger partial charge in [0.1, 0.15) is 0 Å². The Kier molecular flexibility index (Phi) is 7.79. The van der Waals surface area contributed by atoms with Crippen LogP contribution in [0.5, 0.6) is 11.5 Å². The number of carbonyl (C=O) groups excluding carboxylic acids is 1. The van der Waals surface area contributed by atoms with Crippen LogP contribution < -0.4 is 14.8 Å². The van der Waals surface area contributed by atoms with Crippen LogP contribution in [0.3, 0.4) is 0 Å². The van der Waals surface area contributed by atoms with E-state index in [1.807, 2.05) is 25.1 Å². The van der Waals surface area contributed by atoms with Gasteiger partial charge in [-0.05, 0) is 56.5 Å². The van der Waals surface area contributed by atoms with E-state index in [0.29, 0.717) is 18.1 Å². The van der Waals surface area contributed by atoms with Crippen molar-refractivity contribution >= 4 is 12.0 Å². The van der Waals surface area contributed by atoms with Crippen LogP contribution in [0.4, 0.5) is 0 Å². The Bertz CT molecular complexity index is 578. The topological polar surface area (TPSA) is 50.8 Å². The molecular weight excluding hydrogens is 316 g/mol. The Hall–Kier alpha value is -2.01. The monoisotopic (exact) mass is 346 g/mol. The SMILES string of the molecule is CCCN1CCC(NC(=O)/C=C/c2ccc(OCC)c(OC)c2)CC1. The highest BCUT2D eigenvalue weighted by molar-refractivity contribution is 5.92. The number of hydrogen-bond acceptors (Lipinski definition) is 4. The Morgan fingerprint density at radius 2 is 2.04 bits per heavy atom. The zero-order valence-corrected chi connectivity index (χ0v) is 15.6. The fraction of sp³-hybridized carbons (Fsp3) is 0.550. The first-order chi connectivity index (χ1) is 12.2. The molecule has 1 aliphatic rings. The van der Waals surface area contributed by atoms with Crippen LogP contribution in [0, 0.1) is 0 Å². The maximum atomic E-state index is 12.1. The van der Waals surface area contributed by atoms with Crippen molar-refractivity contribution in [2.24, 2.45) is 0 Å². The van der Waals surface area contributed by atoms with E-state index in [1.165, 1.54) is 6.42 Å². The number of likely N-dealkylation sites (tertiary alicyclic amines) is 1. The lowest BCUT2D eigenvalue weighted by Crippen LogP contribution is -2.44. The molecule has 1 amide bonds. The average Bonchev–Trinajstić information content (AvgIpc) is 2.63. The predicted molar refractivity (Wildman–Crippen MR) is 101 cm³/mol. The van der Waals surface area contributed by atoms with Gasteiger partial charge in [-0.2, -0.15) is 0 Å². The molecule has 0 aliphatic carbocycles. The van der Waals surface area contributed by atoms with E-state index in [1.54, 1.807) is 19.3 Å². The van der Waals surface area contributed by atoms with Gasteiger partial charge in [-0.15, -0.1) is 0 Å². The molecule has 1 aromatic carbocycles. The summed E-state index contributed by atoms with van der Waals surface area (Å²) in [5.41, 5.74) is 0.910. The second kappa shape index (κ2) is 10.1. The zero-order chi connectivity index (χ0) is 18.1. The molecular formula is C20H30N2O3. The minimum atomic E-state index is -0.0400. The molecule has 5 heteroatoms. The molecule has 2 rings (SSSR count). The van der Waals surface area contributed by atoms with Gasteiger partial charge in [-0.1, -0.05) is 13.0 Å². The lowest BCUT2D eigenvalue weighted by atomic mass is 10.0. The minimum absolute atomic E-state index is 0.0400. The molecule has 1 heterocycles. The number of piperidine rings is 1. The third-order valence-corrected chi connectivity index (χ3v) is 4.39. The van der Waals surface area contributed by atoms with Gasteiger partial charge >= 0.3 is 0 Å². The minimum Gasteiger partial charge on any atom is -0.493 e. The first-order valence-electron chi connectivity index (χ1n) is 9.18. The highest BCUT2D eigenvalue weighted by atomic mass is 16.5. The van der Waals surface area contributed by atoms with Gasteiger partial charge in [-0.25, -0.2) is 0 Å². The second-order valence-corrected chi connectivity index (χ2v) is 6.30. The average molecular weight is 346 g/mol. The van der Waals surface area contributed by atoms with Crippen molar-refractivity contribution in [3.8, 4) is 11.5 Å². The van der Waals surface area contributed by atoms with Crippen molar-refractivity contribution in [2.75, 3.05) is 33.4 Å². The van der Waals surface area contributed by atoms with Crippen molar-refractivity contribution < 1.29 is 14.3 Å². The van der Waals surface area contributed by atoms with Crippen molar-refractivity contribution in [1.29, 1.82) is 0 Å². The fourth-order valence-electron chi connectivity index (χ4n) is 3.10. The molecule has 1 N–H and O–H groups in total. The van der Waals surface area contributed by atoms with Gasteiger partial charge in [0.05, 0.1) is 13.7 Å². The summed E-state index contributed by atoms with van der Waals surface area (Å²) in [6.07, 6.45) is 6.63. The molecule has 0 saturated carbocycles. The number of hydrogen-bond donors (Lipinski definition) is 1. The molecule has 0 radical (unpaired) electrons. The molecule has 25 heavy (non-hydrogen) atoms. The van der Waals surface area contributed by atoms with Crippen LogP contribution in [0.2, 0.25) is 0 Å². The zero-order valence-electron chi connectivity index (χ0n) is 15.6. The third-order valence-electron chi connectivity index (χ3n) is 4.39. The maximum absolute atomic E-state index is 12.1. The third kappa shape index (κ3) is 6.09. The van der Waals surface area contributed by atoms with Crippen molar-refractivity contribution in [3.63, 3.8) is 0 Å². The summed E-state index contributed by atoms with van der Waals surface area (Å²) in [6.45, 7) is 8.02. The highest BCUT2D eigenvalue weighted by Crippen LogP contribution is 2.28. The second-order valence-electron chi connectivity index (χ2n) is 6.30. The van der Waals surface area contributed by atoms with E-state index in [4.69, 9.17) is 9.47 Å². The summed E-state index contributed by atoms with van der Waals surface area (Å²) in [6, 6.07) is 5.93. The number of nitrogens with zero attached hydrogens (tertiary/aromatic N) is 1. The normalized spacial score (nSPS) is 16.1. The molecule has 0 atom stereocenters. The number of benzene rings is 1. The Labute approximate surface area is 151 Å². The van der Waals surface area contributed by atoms with E-state index >= 15 is 0 Å². The summed E-state index contributed by atoms with van der Waals surface area (Å²) in [5, 5.41) is 3.10. The van der Waals surface area contributed by atoms with E-state index in [9.17, 15) is 4.79 Å². The first kappa shape index (κ1) is 19.3. The fourth-order valence-corrected chi connectivity index (χ4v) is 3.10. The van der Waals surface area contributed by atoms with E-state index in [0.717, 1.165) is 38.0 Å². The van der Waals surface area contributed by atoms with Crippen LogP contribution in [-0.2, 0) is 4.79 Å². The number of rotatable bonds is 8. The van der Waals surface area contributed by atoms with Gasteiger partial charge in [0.25, 0.3) is 0 Å². The number of methoxy groups -OCH3 is 1. The number of ether oxygens (including phenoxy) is 2. The summed E-state index contributed by atoms with van der Waals surface area (Å²) in [7, 11) is 1.61. The Morgan fingerprint density at radius 3 is 2.68 bits per heavy atom. The lowest BCUT2D eigenvalue weighted by molar-refractivity contribution is -0.117. The lowest BCUT2D eigenvalue weighted by Gasteiger charge is -2.31. The highest BCUT2D eigenvalue weighted by Gasteiger charge is 2.19. The molecule has 1 aromatic rings. The van der Waals surface area contributed by atoms with E-state index < -0.39 is 0 Å². The number of carbonyl (C=O) groups is 1. The standard InChI is InChI=1S/C20H30N2O3/c1-4-12-22-13-10-17(11-14-22)21-20(23)9-7-16-6-8-18(25-5-2)19(15-16)24-3/h6-9,15,17H,4-5,10-14H2,1-3H3,(H,21,23)/b9-7+. The van der Waals surface area contributed by atoms with Crippen LogP contribution in [0.25, 0.3) is 6.08 Å². The van der Waals surface area contributed by atoms with E-state index in [2.05, 4.69) is 17.1 Å². The smallest absolute Gasteiger partial charge is 0.244 e. The van der Waals surface area contributed by atoms with Crippen LogP contribution >= 0.6 is 0 Å². The summed E-state index contributed by atoms with van der Waals surface area (Å²) >= 11 is 0. The summed E-state index contributed by atoms with van der Waals surface area (Å²) in [4.78, 5) is 14.6. The largest absolute Gasteiger partial charge is 0.493 e. The molecule has 0 spiro atoms. The molecule has 1 saturated heterocycles. The quantitative estimate of drug-likeness (QED) is 0.735. The number of amides is 1. The molecule has 1 fully saturated rings. The van der Waals surface area contributed by atoms with E-state index in [-0.39, 0.29) is 11.9 Å². The molecule has 0 unspecified atom stereocenters. The number of nitrogens with one attached hydrogen (secondary N) is 1. The summed E-state index contributed by atoms with van der Waals surface area (Å²) < 4.78 is 10.8.